The van der Waals surface area contributed by atoms with Crippen LogP contribution in [0.2, 0.25) is 5.02 Å². The predicted octanol–water partition coefficient (Wildman–Crippen LogP) is 4.15. The van der Waals surface area contributed by atoms with E-state index in [0.717, 1.165) is 11.1 Å². The predicted molar refractivity (Wildman–Crippen MR) is 80.0 cm³/mol. The average molecular weight is 331 g/mol. The lowest BCUT2D eigenvalue weighted by atomic mass is 10.2. The molecule has 0 heterocycles. The molecule has 0 spiro atoms. The molecule has 20 heavy (non-hydrogen) atoms. The Labute approximate surface area is 127 Å². The van der Waals surface area contributed by atoms with E-state index in [1.807, 2.05) is 25.1 Å². The van der Waals surface area contributed by atoms with Crippen molar-refractivity contribution in [2.45, 2.75) is 18.4 Å². The summed E-state index contributed by atoms with van der Waals surface area (Å²) in [5.41, 5.74) is 1.95. The number of halogens is 2. The summed E-state index contributed by atoms with van der Waals surface area (Å²) in [5, 5.41) is 0.643. The molecule has 0 radical (unpaired) electrons. The Morgan fingerprint density at radius 2 is 1.75 bits per heavy atom. The van der Waals surface area contributed by atoms with Gasteiger partial charge in [-0.25, -0.2) is 8.42 Å². The van der Waals surface area contributed by atoms with E-state index in [-0.39, 0.29) is 4.90 Å². The summed E-state index contributed by atoms with van der Waals surface area (Å²) in [5.74, 6) is 0.547. The minimum Gasteiger partial charge on any atom is -0.489 e. The Balaban J connectivity index is 2.08. The van der Waals surface area contributed by atoms with Crippen LogP contribution >= 0.6 is 22.3 Å². The van der Waals surface area contributed by atoms with E-state index >= 15 is 0 Å². The van der Waals surface area contributed by atoms with Crippen molar-refractivity contribution in [2.24, 2.45) is 0 Å². The number of hydrogen-bond donors (Lipinski definition) is 0. The number of rotatable bonds is 4. The van der Waals surface area contributed by atoms with E-state index in [1.165, 1.54) is 12.1 Å². The van der Waals surface area contributed by atoms with Gasteiger partial charge in [0.15, 0.2) is 0 Å². The highest BCUT2D eigenvalue weighted by molar-refractivity contribution is 8.13. The van der Waals surface area contributed by atoms with Crippen LogP contribution in [-0.4, -0.2) is 8.42 Å². The van der Waals surface area contributed by atoms with E-state index < -0.39 is 9.05 Å². The Kier molecular flexibility index (Phi) is 4.58. The standard InChI is InChI=1S/C14H12Cl2O3S/c1-10-2-3-11(14(15)8-10)9-19-12-4-6-13(7-5-12)20(16,17)18/h2-8H,9H2,1H3. The first kappa shape index (κ1) is 15.2. The number of hydrogen-bond acceptors (Lipinski definition) is 3. The maximum atomic E-state index is 11.1. The van der Waals surface area contributed by atoms with Crippen LogP contribution in [0.15, 0.2) is 47.4 Å². The van der Waals surface area contributed by atoms with Gasteiger partial charge >= 0.3 is 0 Å². The van der Waals surface area contributed by atoms with Gasteiger partial charge in [0.1, 0.15) is 12.4 Å². The van der Waals surface area contributed by atoms with Gasteiger partial charge in [-0.1, -0.05) is 23.7 Å². The van der Waals surface area contributed by atoms with Crippen LogP contribution in [-0.2, 0) is 15.7 Å². The molecule has 0 N–H and O–H groups in total. The Morgan fingerprint density at radius 3 is 2.30 bits per heavy atom. The molecule has 3 nitrogen and oxygen atoms in total. The van der Waals surface area contributed by atoms with Crippen molar-refractivity contribution in [1.29, 1.82) is 0 Å². The van der Waals surface area contributed by atoms with Crippen LogP contribution in [0.5, 0.6) is 5.75 Å². The van der Waals surface area contributed by atoms with E-state index in [0.29, 0.717) is 17.4 Å². The molecule has 2 aromatic carbocycles. The summed E-state index contributed by atoms with van der Waals surface area (Å²) >= 11 is 6.10. The second-order valence-corrected chi connectivity index (χ2v) is 7.27. The summed E-state index contributed by atoms with van der Waals surface area (Å²) < 4.78 is 27.8. The molecule has 0 aliphatic carbocycles. The second kappa shape index (κ2) is 6.04. The van der Waals surface area contributed by atoms with E-state index in [1.54, 1.807) is 12.1 Å². The first-order chi connectivity index (χ1) is 9.36. The summed E-state index contributed by atoms with van der Waals surface area (Å²) in [6, 6.07) is 11.6. The average Bonchev–Trinajstić information content (AvgIpc) is 2.37. The van der Waals surface area contributed by atoms with Crippen molar-refractivity contribution in [2.75, 3.05) is 0 Å². The fourth-order valence-electron chi connectivity index (χ4n) is 1.63. The van der Waals surface area contributed by atoms with Gasteiger partial charge in [-0.2, -0.15) is 0 Å². The van der Waals surface area contributed by atoms with Gasteiger partial charge in [0.05, 0.1) is 4.90 Å². The van der Waals surface area contributed by atoms with Gasteiger partial charge in [-0.05, 0) is 42.8 Å². The normalized spacial score (nSPS) is 11.3. The molecule has 0 aliphatic rings. The third-order valence-corrected chi connectivity index (χ3v) is 4.43. The van der Waals surface area contributed by atoms with Crippen LogP contribution in [0.1, 0.15) is 11.1 Å². The summed E-state index contributed by atoms with van der Waals surface area (Å²) in [6.07, 6.45) is 0. The lowest BCUT2D eigenvalue weighted by molar-refractivity contribution is 0.306. The van der Waals surface area contributed by atoms with E-state index in [2.05, 4.69) is 0 Å². The lowest BCUT2D eigenvalue weighted by Gasteiger charge is -2.08. The van der Waals surface area contributed by atoms with Gasteiger partial charge < -0.3 is 4.74 Å². The van der Waals surface area contributed by atoms with Crippen molar-refractivity contribution in [1.82, 2.24) is 0 Å². The molecule has 0 unspecified atom stereocenters. The minimum atomic E-state index is -3.70. The zero-order chi connectivity index (χ0) is 14.8. The molecule has 2 rings (SSSR count). The van der Waals surface area contributed by atoms with Gasteiger partial charge in [0, 0.05) is 21.3 Å². The molecule has 0 aromatic heterocycles. The molecule has 0 fully saturated rings. The van der Waals surface area contributed by atoms with Crippen LogP contribution < -0.4 is 4.74 Å². The first-order valence-electron chi connectivity index (χ1n) is 5.79. The monoisotopic (exact) mass is 330 g/mol. The maximum absolute atomic E-state index is 11.1. The minimum absolute atomic E-state index is 0.0416. The second-order valence-electron chi connectivity index (χ2n) is 4.29. The van der Waals surface area contributed by atoms with Gasteiger partial charge in [0.25, 0.3) is 9.05 Å². The molecule has 6 heteroatoms. The Bertz CT molecular complexity index is 710. The summed E-state index contributed by atoms with van der Waals surface area (Å²) in [7, 11) is 1.53. The molecular weight excluding hydrogens is 319 g/mol. The zero-order valence-corrected chi connectivity index (χ0v) is 13.0. The highest BCUT2D eigenvalue weighted by Gasteiger charge is 2.09. The maximum Gasteiger partial charge on any atom is 0.261 e. The first-order valence-corrected chi connectivity index (χ1v) is 8.47. The molecule has 0 saturated carbocycles. The molecule has 0 atom stereocenters. The van der Waals surface area contributed by atoms with Gasteiger partial charge in [-0.15, -0.1) is 0 Å². The molecule has 0 amide bonds. The van der Waals surface area contributed by atoms with Crippen molar-refractivity contribution in [3.63, 3.8) is 0 Å². The van der Waals surface area contributed by atoms with Gasteiger partial charge in [0.2, 0.25) is 0 Å². The van der Waals surface area contributed by atoms with Gasteiger partial charge in [-0.3, -0.25) is 0 Å². The number of ether oxygens (including phenoxy) is 1. The van der Waals surface area contributed by atoms with Crippen LogP contribution in [0.3, 0.4) is 0 Å². The summed E-state index contributed by atoms with van der Waals surface area (Å²) in [4.78, 5) is 0.0416. The molecule has 106 valence electrons. The van der Waals surface area contributed by atoms with Crippen LogP contribution in [0.25, 0.3) is 0 Å². The van der Waals surface area contributed by atoms with Crippen molar-refractivity contribution in [3.05, 3.63) is 58.6 Å². The zero-order valence-electron chi connectivity index (χ0n) is 10.6. The topological polar surface area (TPSA) is 43.4 Å². The number of aryl methyl sites for hydroxylation is 1. The highest BCUT2D eigenvalue weighted by atomic mass is 35.7. The highest BCUT2D eigenvalue weighted by Crippen LogP contribution is 2.22. The van der Waals surface area contributed by atoms with E-state index in [9.17, 15) is 8.42 Å². The summed E-state index contributed by atoms with van der Waals surface area (Å²) in [6.45, 7) is 2.27. The Hall–Kier alpha value is -1.23. The van der Waals surface area contributed by atoms with Crippen LogP contribution in [0, 0.1) is 6.92 Å². The number of benzene rings is 2. The molecule has 0 saturated heterocycles. The van der Waals surface area contributed by atoms with E-state index in [4.69, 9.17) is 27.0 Å². The fraction of sp³-hybridized carbons (Fsp3) is 0.143. The third kappa shape index (κ3) is 3.88. The SMILES string of the molecule is Cc1ccc(COc2ccc(S(=O)(=O)Cl)cc2)c(Cl)c1. The third-order valence-electron chi connectivity index (χ3n) is 2.71. The lowest BCUT2D eigenvalue weighted by Crippen LogP contribution is -1.97. The molecule has 0 bridgehead atoms. The van der Waals surface area contributed by atoms with Crippen molar-refractivity contribution < 1.29 is 13.2 Å². The van der Waals surface area contributed by atoms with Crippen LogP contribution in [0.4, 0.5) is 0 Å². The largest absolute Gasteiger partial charge is 0.489 e. The molecular formula is C14H12Cl2O3S. The Morgan fingerprint density at radius 1 is 1.10 bits per heavy atom. The smallest absolute Gasteiger partial charge is 0.261 e. The molecule has 0 aliphatic heterocycles. The van der Waals surface area contributed by atoms with Crippen molar-refractivity contribution >= 4 is 31.3 Å². The fourth-order valence-corrected chi connectivity index (χ4v) is 2.69. The quantitative estimate of drug-likeness (QED) is 0.790. The molecule has 2 aromatic rings. The van der Waals surface area contributed by atoms with Crippen molar-refractivity contribution in [3.8, 4) is 5.75 Å².